The summed E-state index contributed by atoms with van der Waals surface area (Å²) < 4.78 is 19.9. The van der Waals surface area contributed by atoms with Gasteiger partial charge in [-0.1, -0.05) is 12.1 Å². The first-order valence-electron chi connectivity index (χ1n) is 5.76. The van der Waals surface area contributed by atoms with Crippen molar-refractivity contribution in [3.63, 3.8) is 0 Å². The molecular formula is C14H14FNO3. The van der Waals surface area contributed by atoms with Gasteiger partial charge in [-0.15, -0.1) is 0 Å². The van der Waals surface area contributed by atoms with Crippen molar-refractivity contribution in [1.82, 2.24) is 4.57 Å². The van der Waals surface area contributed by atoms with Crippen molar-refractivity contribution in [2.75, 3.05) is 7.11 Å². The lowest BCUT2D eigenvalue weighted by atomic mass is 10.2. The Hall–Kier alpha value is -2.14. The number of hydrogen-bond donors (Lipinski definition) is 1. The molecule has 4 nitrogen and oxygen atoms in total. The zero-order valence-corrected chi connectivity index (χ0v) is 10.5. The standard InChI is InChI=1S/C14H14FNO3/c1-19-9-13-12(14(17)18)5-6-16(13)8-10-3-2-4-11(15)7-10/h2-7H,8-9H2,1H3,(H,17,18). The SMILES string of the molecule is COCc1c(C(=O)O)ccn1Cc1cccc(F)c1. The molecule has 1 aromatic carbocycles. The molecule has 0 saturated heterocycles. The van der Waals surface area contributed by atoms with E-state index in [4.69, 9.17) is 9.84 Å². The summed E-state index contributed by atoms with van der Waals surface area (Å²) in [4.78, 5) is 11.1. The molecule has 5 heteroatoms. The molecule has 0 saturated carbocycles. The minimum Gasteiger partial charge on any atom is -0.478 e. The maximum Gasteiger partial charge on any atom is 0.337 e. The summed E-state index contributed by atoms with van der Waals surface area (Å²) in [6.45, 7) is 0.605. The zero-order valence-electron chi connectivity index (χ0n) is 10.5. The zero-order chi connectivity index (χ0) is 13.8. The highest BCUT2D eigenvalue weighted by atomic mass is 19.1. The molecule has 0 aliphatic heterocycles. The predicted octanol–water partition coefficient (Wildman–Crippen LogP) is 2.52. The van der Waals surface area contributed by atoms with Crippen LogP contribution in [0.25, 0.3) is 0 Å². The Morgan fingerprint density at radius 1 is 1.42 bits per heavy atom. The molecule has 0 atom stereocenters. The molecule has 0 unspecified atom stereocenters. The minimum absolute atomic E-state index is 0.198. The Morgan fingerprint density at radius 2 is 2.21 bits per heavy atom. The van der Waals surface area contributed by atoms with Crippen LogP contribution in [0.2, 0.25) is 0 Å². The summed E-state index contributed by atoms with van der Waals surface area (Å²) >= 11 is 0. The molecule has 2 aromatic rings. The minimum atomic E-state index is -0.995. The summed E-state index contributed by atoms with van der Waals surface area (Å²) in [5, 5.41) is 9.09. The van der Waals surface area contributed by atoms with Crippen LogP contribution >= 0.6 is 0 Å². The van der Waals surface area contributed by atoms with Crippen molar-refractivity contribution >= 4 is 5.97 Å². The van der Waals surface area contributed by atoms with Crippen molar-refractivity contribution in [3.05, 3.63) is 59.2 Å². The molecule has 2 rings (SSSR count). The lowest BCUT2D eigenvalue weighted by Gasteiger charge is -2.10. The van der Waals surface area contributed by atoms with Crippen LogP contribution < -0.4 is 0 Å². The monoisotopic (exact) mass is 263 g/mol. The molecule has 1 heterocycles. The van der Waals surface area contributed by atoms with Crippen molar-refractivity contribution in [1.29, 1.82) is 0 Å². The van der Waals surface area contributed by atoms with Gasteiger partial charge in [0.1, 0.15) is 5.82 Å². The van der Waals surface area contributed by atoms with E-state index in [-0.39, 0.29) is 18.0 Å². The van der Waals surface area contributed by atoms with Gasteiger partial charge in [-0.05, 0) is 23.8 Å². The first-order chi connectivity index (χ1) is 9.11. The molecule has 100 valence electrons. The smallest absolute Gasteiger partial charge is 0.337 e. The Kier molecular flexibility index (Phi) is 3.97. The Balaban J connectivity index is 2.32. The van der Waals surface area contributed by atoms with Gasteiger partial charge in [-0.2, -0.15) is 0 Å². The van der Waals surface area contributed by atoms with Crippen molar-refractivity contribution in [3.8, 4) is 0 Å². The third-order valence-electron chi connectivity index (χ3n) is 2.83. The molecule has 0 aliphatic carbocycles. The van der Waals surface area contributed by atoms with E-state index in [1.165, 1.54) is 25.3 Å². The van der Waals surface area contributed by atoms with Gasteiger partial charge >= 0.3 is 5.97 Å². The molecule has 0 bridgehead atoms. The number of ether oxygens (including phenoxy) is 1. The van der Waals surface area contributed by atoms with Crippen molar-refractivity contribution < 1.29 is 19.0 Å². The summed E-state index contributed by atoms with van der Waals surface area (Å²) in [7, 11) is 1.51. The normalized spacial score (nSPS) is 10.6. The summed E-state index contributed by atoms with van der Waals surface area (Å²) in [5.74, 6) is -1.30. The van der Waals surface area contributed by atoms with Crippen LogP contribution in [0.5, 0.6) is 0 Å². The van der Waals surface area contributed by atoms with E-state index < -0.39 is 5.97 Å². The lowest BCUT2D eigenvalue weighted by Crippen LogP contribution is -2.08. The van der Waals surface area contributed by atoms with Gasteiger partial charge in [0.2, 0.25) is 0 Å². The second-order valence-electron chi connectivity index (χ2n) is 4.17. The van der Waals surface area contributed by atoms with Crippen LogP contribution in [0.15, 0.2) is 36.5 Å². The van der Waals surface area contributed by atoms with Gasteiger partial charge in [-0.3, -0.25) is 0 Å². The molecule has 0 radical (unpaired) electrons. The van der Waals surface area contributed by atoms with Gasteiger partial charge in [0, 0.05) is 19.9 Å². The average Bonchev–Trinajstić information content (AvgIpc) is 2.73. The number of carboxylic acids is 1. The number of halogens is 1. The van der Waals surface area contributed by atoms with E-state index in [0.717, 1.165) is 5.56 Å². The highest BCUT2D eigenvalue weighted by molar-refractivity contribution is 5.89. The molecule has 0 aliphatic rings. The van der Waals surface area contributed by atoms with Gasteiger partial charge in [0.05, 0.1) is 17.9 Å². The van der Waals surface area contributed by atoms with Crippen LogP contribution in [0.3, 0.4) is 0 Å². The Bertz CT molecular complexity index is 592. The topological polar surface area (TPSA) is 51.5 Å². The first kappa shape index (κ1) is 13.3. The number of methoxy groups -OCH3 is 1. The molecule has 0 spiro atoms. The Morgan fingerprint density at radius 3 is 2.84 bits per heavy atom. The highest BCUT2D eigenvalue weighted by Gasteiger charge is 2.15. The van der Waals surface area contributed by atoms with E-state index in [1.807, 2.05) is 0 Å². The largest absolute Gasteiger partial charge is 0.478 e. The second kappa shape index (κ2) is 5.67. The highest BCUT2D eigenvalue weighted by Crippen LogP contribution is 2.15. The Labute approximate surface area is 110 Å². The number of hydrogen-bond acceptors (Lipinski definition) is 2. The quantitative estimate of drug-likeness (QED) is 0.901. The van der Waals surface area contributed by atoms with Gasteiger partial charge in [-0.25, -0.2) is 9.18 Å². The van der Waals surface area contributed by atoms with Crippen LogP contribution in [0, 0.1) is 5.82 Å². The number of carbonyl (C=O) groups is 1. The molecular weight excluding hydrogens is 249 g/mol. The van der Waals surface area contributed by atoms with Crippen LogP contribution in [-0.4, -0.2) is 22.8 Å². The summed E-state index contributed by atoms with van der Waals surface area (Å²) in [5.41, 5.74) is 1.54. The van der Waals surface area contributed by atoms with Crippen LogP contribution in [0.4, 0.5) is 4.39 Å². The summed E-state index contributed by atoms with van der Waals surface area (Å²) in [6.07, 6.45) is 1.67. The van der Waals surface area contributed by atoms with E-state index in [2.05, 4.69) is 0 Å². The lowest BCUT2D eigenvalue weighted by molar-refractivity contribution is 0.0691. The van der Waals surface area contributed by atoms with E-state index in [9.17, 15) is 9.18 Å². The van der Waals surface area contributed by atoms with Crippen LogP contribution in [0.1, 0.15) is 21.6 Å². The first-order valence-corrected chi connectivity index (χ1v) is 5.76. The number of benzene rings is 1. The van der Waals surface area contributed by atoms with E-state index in [1.54, 1.807) is 22.9 Å². The number of aromatic nitrogens is 1. The third kappa shape index (κ3) is 3.00. The maximum absolute atomic E-state index is 13.1. The number of carboxylic acid groups (broad SMARTS) is 1. The molecule has 1 aromatic heterocycles. The predicted molar refractivity (Wildman–Crippen MR) is 67.6 cm³/mol. The summed E-state index contributed by atoms with van der Waals surface area (Å²) in [6, 6.07) is 7.74. The molecule has 19 heavy (non-hydrogen) atoms. The van der Waals surface area contributed by atoms with Gasteiger partial charge in [0.15, 0.2) is 0 Å². The van der Waals surface area contributed by atoms with Crippen LogP contribution in [-0.2, 0) is 17.9 Å². The molecule has 1 N–H and O–H groups in total. The second-order valence-corrected chi connectivity index (χ2v) is 4.17. The van der Waals surface area contributed by atoms with Gasteiger partial charge < -0.3 is 14.4 Å². The molecule has 0 amide bonds. The van der Waals surface area contributed by atoms with E-state index in [0.29, 0.717) is 12.2 Å². The van der Waals surface area contributed by atoms with Gasteiger partial charge in [0.25, 0.3) is 0 Å². The average molecular weight is 263 g/mol. The van der Waals surface area contributed by atoms with Crippen molar-refractivity contribution in [2.24, 2.45) is 0 Å². The third-order valence-corrected chi connectivity index (χ3v) is 2.83. The number of nitrogens with zero attached hydrogens (tertiary/aromatic N) is 1. The fourth-order valence-electron chi connectivity index (χ4n) is 1.98. The fraction of sp³-hybridized carbons (Fsp3) is 0.214. The van der Waals surface area contributed by atoms with Crippen molar-refractivity contribution in [2.45, 2.75) is 13.2 Å². The van der Waals surface area contributed by atoms with E-state index >= 15 is 0 Å². The fourth-order valence-corrected chi connectivity index (χ4v) is 1.98. The number of aromatic carboxylic acids is 1. The maximum atomic E-state index is 13.1. The molecule has 0 fully saturated rings. The number of rotatable bonds is 5.